The fourth-order valence-electron chi connectivity index (χ4n) is 2.84. The average Bonchev–Trinajstić information content (AvgIpc) is 3.25. The first-order valence-electron chi connectivity index (χ1n) is 7.67. The van der Waals surface area contributed by atoms with Crippen molar-refractivity contribution in [3.05, 3.63) is 35.1 Å². The van der Waals surface area contributed by atoms with Crippen molar-refractivity contribution in [2.24, 2.45) is 5.92 Å². The Balaban J connectivity index is 2.11. The van der Waals surface area contributed by atoms with Gasteiger partial charge in [0.05, 0.1) is 6.10 Å². The second-order valence-electron chi connectivity index (χ2n) is 5.87. The van der Waals surface area contributed by atoms with Crippen molar-refractivity contribution in [3.8, 4) is 0 Å². The Kier molecular flexibility index (Phi) is 5.55. The average molecular weight is 279 g/mol. The third-order valence-electron chi connectivity index (χ3n) is 4.16. The topological polar surface area (TPSA) is 21.3 Å². The van der Waals surface area contributed by atoms with E-state index in [1.54, 1.807) is 13.2 Å². The van der Waals surface area contributed by atoms with E-state index in [1.165, 1.54) is 18.9 Å². The van der Waals surface area contributed by atoms with Crippen LogP contribution in [0.4, 0.5) is 4.39 Å². The van der Waals surface area contributed by atoms with Gasteiger partial charge in [-0.2, -0.15) is 0 Å². The molecule has 20 heavy (non-hydrogen) atoms. The van der Waals surface area contributed by atoms with Crippen LogP contribution in [0.15, 0.2) is 18.2 Å². The molecule has 1 aromatic rings. The van der Waals surface area contributed by atoms with Crippen molar-refractivity contribution in [1.82, 2.24) is 5.32 Å². The van der Waals surface area contributed by atoms with E-state index in [-0.39, 0.29) is 18.0 Å². The van der Waals surface area contributed by atoms with Crippen LogP contribution in [0.2, 0.25) is 0 Å². The Morgan fingerprint density at radius 1 is 1.40 bits per heavy atom. The summed E-state index contributed by atoms with van der Waals surface area (Å²) in [6.45, 7) is 5.19. The summed E-state index contributed by atoms with van der Waals surface area (Å²) >= 11 is 0. The summed E-state index contributed by atoms with van der Waals surface area (Å²) in [7, 11) is 1.79. The molecule has 0 heterocycles. The van der Waals surface area contributed by atoms with E-state index >= 15 is 0 Å². The van der Waals surface area contributed by atoms with Gasteiger partial charge in [-0.3, -0.25) is 0 Å². The lowest BCUT2D eigenvalue weighted by molar-refractivity contribution is 0.0510. The Morgan fingerprint density at radius 2 is 2.15 bits per heavy atom. The largest absolute Gasteiger partial charge is 0.380 e. The van der Waals surface area contributed by atoms with Crippen molar-refractivity contribution < 1.29 is 9.13 Å². The van der Waals surface area contributed by atoms with Gasteiger partial charge in [-0.15, -0.1) is 0 Å². The molecule has 112 valence electrons. The zero-order valence-corrected chi connectivity index (χ0v) is 12.8. The predicted molar refractivity (Wildman–Crippen MR) is 80.4 cm³/mol. The number of hydrogen-bond acceptors (Lipinski definition) is 2. The van der Waals surface area contributed by atoms with E-state index in [1.807, 2.05) is 13.0 Å². The van der Waals surface area contributed by atoms with E-state index in [4.69, 9.17) is 4.74 Å². The molecule has 2 rings (SSSR count). The van der Waals surface area contributed by atoms with Gasteiger partial charge < -0.3 is 10.1 Å². The fraction of sp³-hybridized carbons (Fsp3) is 0.647. The number of hydrogen-bond donors (Lipinski definition) is 1. The van der Waals surface area contributed by atoms with Gasteiger partial charge in [0.2, 0.25) is 0 Å². The molecular weight excluding hydrogens is 253 g/mol. The molecule has 0 bridgehead atoms. The fourth-order valence-corrected chi connectivity index (χ4v) is 2.84. The van der Waals surface area contributed by atoms with Crippen LogP contribution >= 0.6 is 0 Å². The second kappa shape index (κ2) is 7.19. The van der Waals surface area contributed by atoms with Crippen LogP contribution < -0.4 is 5.32 Å². The zero-order chi connectivity index (χ0) is 14.5. The highest BCUT2D eigenvalue weighted by Crippen LogP contribution is 2.36. The lowest BCUT2D eigenvalue weighted by atomic mass is 9.95. The highest BCUT2D eigenvalue weighted by atomic mass is 19.1. The van der Waals surface area contributed by atoms with Gasteiger partial charge in [-0.05, 0) is 68.3 Å². The van der Waals surface area contributed by atoms with E-state index < -0.39 is 0 Å². The number of halogens is 1. The number of aryl methyl sites for hydroxylation is 1. The maximum absolute atomic E-state index is 13.5. The van der Waals surface area contributed by atoms with Crippen LogP contribution in [-0.2, 0) is 11.2 Å². The Bertz CT molecular complexity index is 431. The second-order valence-corrected chi connectivity index (χ2v) is 5.87. The minimum absolute atomic E-state index is 0.153. The molecule has 1 aliphatic rings. The molecule has 1 saturated carbocycles. The van der Waals surface area contributed by atoms with E-state index in [9.17, 15) is 4.39 Å². The molecule has 2 atom stereocenters. The minimum Gasteiger partial charge on any atom is -0.380 e. The van der Waals surface area contributed by atoms with Crippen LogP contribution in [0.1, 0.15) is 37.3 Å². The highest BCUT2D eigenvalue weighted by molar-refractivity contribution is 5.27. The lowest BCUT2D eigenvalue weighted by Gasteiger charge is -2.28. The smallest absolute Gasteiger partial charge is 0.123 e. The van der Waals surface area contributed by atoms with Crippen LogP contribution in [0.3, 0.4) is 0 Å². The van der Waals surface area contributed by atoms with Crippen molar-refractivity contribution >= 4 is 0 Å². The van der Waals surface area contributed by atoms with Crippen molar-refractivity contribution in [2.45, 2.75) is 51.7 Å². The molecular formula is C17H26FNO. The van der Waals surface area contributed by atoms with Gasteiger partial charge in [-0.1, -0.05) is 13.0 Å². The van der Waals surface area contributed by atoms with Crippen LogP contribution in [0, 0.1) is 18.7 Å². The van der Waals surface area contributed by atoms with Gasteiger partial charge >= 0.3 is 0 Å². The maximum atomic E-state index is 13.5. The Morgan fingerprint density at radius 3 is 2.75 bits per heavy atom. The van der Waals surface area contributed by atoms with E-state index in [0.717, 1.165) is 30.5 Å². The molecule has 1 N–H and O–H groups in total. The third kappa shape index (κ3) is 4.03. The first-order valence-corrected chi connectivity index (χ1v) is 7.67. The van der Waals surface area contributed by atoms with Gasteiger partial charge in [-0.25, -0.2) is 4.39 Å². The number of benzene rings is 1. The summed E-state index contributed by atoms with van der Waals surface area (Å²) in [5, 5.41) is 3.59. The lowest BCUT2D eigenvalue weighted by Crippen LogP contribution is -2.44. The van der Waals surface area contributed by atoms with E-state index in [0.29, 0.717) is 5.92 Å². The molecule has 0 radical (unpaired) electrons. The van der Waals surface area contributed by atoms with Crippen molar-refractivity contribution in [3.63, 3.8) is 0 Å². The molecule has 2 nitrogen and oxygen atoms in total. The molecule has 1 fully saturated rings. The zero-order valence-electron chi connectivity index (χ0n) is 12.8. The number of nitrogens with one attached hydrogen (secondary N) is 1. The summed E-state index contributed by atoms with van der Waals surface area (Å²) in [6.07, 6.45) is 4.68. The predicted octanol–water partition coefficient (Wildman–Crippen LogP) is 3.47. The number of ether oxygens (including phenoxy) is 1. The molecule has 3 heteroatoms. The monoisotopic (exact) mass is 279 g/mol. The molecule has 1 aromatic carbocycles. The molecule has 0 amide bonds. The first-order chi connectivity index (χ1) is 9.65. The summed E-state index contributed by atoms with van der Waals surface area (Å²) < 4.78 is 19.2. The number of rotatable bonds is 8. The van der Waals surface area contributed by atoms with Crippen LogP contribution in [0.25, 0.3) is 0 Å². The van der Waals surface area contributed by atoms with Crippen molar-refractivity contribution in [1.29, 1.82) is 0 Å². The molecule has 0 aromatic heterocycles. The molecule has 0 aliphatic heterocycles. The Hall–Kier alpha value is -0.930. The summed E-state index contributed by atoms with van der Waals surface area (Å²) in [6, 6.07) is 5.32. The standard InChI is InChI=1S/C17H26FNO/c1-4-9-19-16(17(20-3)13-6-7-13)11-14-10-15(18)8-5-12(14)2/h5,8,10,13,16-17,19H,4,6-7,9,11H2,1-3H3. The van der Waals surface area contributed by atoms with Crippen molar-refractivity contribution in [2.75, 3.05) is 13.7 Å². The highest BCUT2D eigenvalue weighted by Gasteiger charge is 2.36. The SMILES string of the molecule is CCCNC(Cc1cc(F)ccc1C)C(OC)C1CC1. The van der Waals surface area contributed by atoms with Gasteiger partial charge in [0.25, 0.3) is 0 Å². The normalized spacial score (nSPS) is 18.0. The summed E-state index contributed by atoms with van der Waals surface area (Å²) in [5.74, 6) is 0.517. The molecule has 0 saturated heterocycles. The van der Waals surface area contributed by atoms with E-state index in [2.05, 4.69) is 12.2 Å². The third-order valence-corrected chi connectivity index (χ3v) is 4.16. The van der Waals surface area contributed by atoms with Gasteiger partial charge in [0.1, 0.15) is 5.82 Å². The minimum atomic E-state index is -0.153. The quantitative estimate of drug-likeness (QED) is 0.786. The van der Waals surface area contributed by atoms with Gasteiger partial charge in [0, 0.05) is 13.2 Å². The summed E-state index contributed by atoms with van der Waals surface area (Å²) in [5.41, 5.74) is 2.24. The Labute approximate surface area is 121 Å². The van der Waals surface area contributed by atoms with Crippen LogP contribution in [0.5, 0.6) is 0 Å². The summed E-state index contributed by atoms with van der Waals surface area (Å²) in [4.78, 5) is 0. The van der Waals surface area contributed by atoms with Gasteiger partial charge in [0.15, 0.2) is 0 Å². The molecule has 0 spiro atoms. The number of methoxy groups -OCH3 is 1. The molecule has 2 unspecified atom stereocenters. The first kappa shape index (κ1) is 15.5. The maximum Gasteiger partial charge on any atom is 0.123 e. The molecule has 1 aliphatic carbocycles. The van der Waals surface area contributed by atoms with Crippen LogP contribution in [-0.4, -0.2) is 25.8 Å².